The quantitative estimate of drug-likeness (QED) is 0.686. The van der Waals surface area contributed by atoms with Gasteiger partial charge in [0, 0.05) is 12.0 Å². The largest absolute Gasteiger partial charge is 0.315 e. The summed E-state index contributed by atoms with van der Waals surface area (Å²) in [5, 5.41) is 3.42. The third-order valence-corrected chi connectivity index (χ3v) is 3.06. The van der Waals surface area contributed by atoms with E-state index < -0.39 is 0 Å². The highest BCUT2D eigenvalue weighted by Crippen LogP contribution is 2.22. The maximum Gasteiger partial charge on any atom is 0.126 e. The van der Waals surface area contributed by atoms with Crippen LogP contribution in [0.1, 0.15) is 46.0 Å². The molecule has 1 fully saturated rings. The smallest absolute Gasteiger partial charge is 0.126 e. The third kappa shape index (κ3) is 4.23. The van der Waals surface area contributed by atoms with Crippen LogP contribution in [0, 0.1) is 11.3 Å². The lowest BCUT2D eigenvalue weighted by atomic mass is 9.89. The van der Waals surface area contributed by atoms with E-state index in [1.54, 1.807) is 0 Å². The first-order valence-corrected chi connectivity index (χ1v) is 5.81. The SMILES string of the molecule is CC(C)(C=O)CNCC1CCCCC1. The molecule has 0 bridgehead atoms. The molecule has 0 heterocycles. The van der Waals surface area contributed by atoms with Crippen molar-refractivity contribution in [1.29, 1.82) is 0 Å². The van der Waals surface area contributed by atoms with E-state index in [1.165, 1.54) is 32.1 Å². The van der Waals surface area contributed by atoms with Crippen LogP contribution in [0.25, 0.3) is 0 Å². The van der Waals surface area contributed by atoms with E-state index in [0.717, 1.165) is 25.3 Å². The highest BCUT2D eigenvalue weighted by molar-refractivity contribution is 5.58. The van der Waals surface area contributed by atoms with Gasteiger partial charge in [0.1, 0.15) is 6.29 Å². The molecule has 1 saturated carbocycles. The fraction of sp³-hybridized carbons (Fsp3) is 0.917. The molecule has 1 aliphatic rings. The second-order valence-electron chi connectivity index (χ2n) is 5.24. The van der Waals surface area contributed by atoms with Gasteiger partial charge in [0.25, 0.3) is 0 Å². The van der Waals surface area contributed by atoms with Crippen molar-refractivity contribution in [3.05, 3.63) is 0 Å². The van der Waals surface area contributed by atoms with Crippen molar-refractivity contribution in [3.63, 3.8) is 0 Å². The number of nitrogens with one attached hydrogen (secondary N) is 1. The summed E-state index contributed by atoms with van der Waals surface area (Å²) in [5.41, 5.74) is -0.200. The molecule has 0 radical (unpaired) electrons. The van der Waals surface area contributed by atoms with Gasteiger partial charge in [-0.05, 0) is 25.3 Å². The van der Waals surface area contributed by atoms with Gasteiger partial charge in [-0.1, -0.05) is 33.1 Å². The van der Waals surface area contributed by atoms with Gasteiger partial charge in [0.05, 0.1) is 0 Å². The van der Waals surface area contributed by atoms with Crippen LogP contribution in [0.15, 0.2) is 0 Å². The minimum atomic E-state index is -0.200. The first kappa shape index (κ1) is 11.7. The normalized spacial score (nSPS) is 19.6. The zero-order valence-electron chi connectivity index (χ0n) is 9.51. The van der Waals surface area contributed by atoms with Crippen LogP contribution in [-0.4, -0.2) is 19.4 Å². The zero-order valence-corrected chi connectivity index (χ0v) is 9.51. The second-order valence-corrected chi connectivity index (χ2v) is 5.24. The molecule has 0 amide bonds. The van der Waals surface area contributed by atoms with E-state index in [-0.39, 0.29) is 5.41 Å². The number of carbonyl (C=O) groups is 1. The molecule has 0 aromatic rings. The predicted molar refractivity (Wildman–Crippen MR) is 59.3 cm³/mol. The highest BCUT2D eigenvalue weighted by atomic mass is 16.1. The van der Waals surface area contributed by atoms with Gasteiger partial charge in [-0.25, -0.2) is 0 Å². The van der Waals surface area contributed by atoms with Gasteiger partial charge in [0.15, 0.2) is 0 Å². The number of hydrogen-bond donors (Lipinski definition) is 1. The van der Waals surface area contributed by atoms with Crippen molar-refractivity contribution in [2.75, 3.05) is 13.1 Å². The maximum absolute atomic E-state index is 10.7. The Kier molecular flexibility index (Phi) is 4.59. The Hall–Kier alpha value is -0.370. The summed E-state index contributed by atoms with van der Waals surface area (Å²) in [5.74, 6) is 0.853. The van der Waals surface area contributed by atoms with Gasteiger partial charge in [-0.2, -0.15) is 0 Å². The minimum Gasteiger partial charge on any atom is -0.315 e. The van der Waals surface area contributed by atoms with Crippen LogP contribution in [-0.2, 0) is 4.79 Å². The Morgan fingerprint density at radius 2 is 1.93 bits per heavy atom. The van der Waals surface area contributed by atoms with E-state index in [9.17, 15) is 4.79 Å². The summed E-state index contributed by atoms with van der Waals surface area (Å²) in [6.07, 6.45) is 7.98. The summed E-state index contributed by atoms with van der Waals surface area (Å²) in [6.45, 7) is 5.87. The topological polar surface area (TPSA) is 29.1 Å². The number of rotatable bonds is 5. The molecule has 0 aromatic heterocycles. The third-order valence-electron chi connectivity index (χ3n) is 3.06. The zero-order chi connectivity index (χ0) is 10.4. The Bertz CT molecular complexity index is 171. The molecule has 1 aliphatic carbocycles. The highest BCUT2D eigenvalue weighted by Gasteiger charge is 2.17. The lowest BCUT2D eigenvalue weighted by Crippen LogP contribution is -2.34. The van der Waals surface area contributed by atoms with Crippen LogP contribution in [0.5, 0.6) is 0 Å². The molecule has 2 nitrogen and oxygen atoms in total. The van der Waals surface area contributed by atoms with Gasteiger partial charge in [0.2, 0.25) is 0 Å². The van der Waals surface area contributed by atoms with Crippen LogP contribution in [0.3, 0.4) is 0 Å². The Morgan fingerprint density at radius 1 is 1.29 bits per heavy atom. The molecule has 0 aromatic carbocycles. The van der Waals surface area contributed by atoms with Crippen LogP contribution >= 0.6 is 0 Å². The Balaban J connectivity index is 2.11. The van der Waals surface area contributed by atoms with Gasteiger partial charge < -0.3 is 10.1 Å². The van der Waals surface area contributed by atoms with E-state index in [2.05, 4.69) is 5.32 Å². The van der Waals surface area contributed by atoms with Crippen molar-refractivity contribution in [2.45, 2.75) is 46.0 Å². The molecular formula is C12H23NO. The fourth-order valence-electron chi connectivity index (χ4n) is 2.03. The molecule has 0 unspecified atom stereocenters. The molecule has 82 valence electrons. The summed E-state index contributed by atoms with van der Waals surface area (Å²) in [6, 6.07) is 0. The van der Waals surface area contributed by atoms with Crippen LogP contribution in [0.4, 0.5) is 0 Å². The first-order valence-electron chi connectivity index (χ1n) is 5.81. The van der Waals surface area contributed by atoms with E-state index >= 15 is 0 Å². The average Bonchev–Trinajstić information content (AvgIpc) is 2.19. The standard InChI is InChI=1S/C12H23NO/c1-12(2,10-14)9-13-8-11-6-4-3-5-7-11/h10-11,13H,3-9H2,1-2H3. The molecule has 0 atom stereocenters. The molecule has 0 spiro atoms. The molecule has 2 heteroatoms. The van der Waals surface area contributed by atoms with Crippen LogP contribution in [0.2, 0.25) is 0 Å². The van der Waals surface area contributed by atoms with Crippen molar-refractivity contribution >= 4 is 6.29 Å². The number of carbonyl (C=O) groups excluding carboxylic acids is 1. The summed E-state index contributed by atoms with van der Waals surface area (Å²) >= 11 is 0. The predicted octanol–water partition coefficient (Wildman–Crippen LogP) is 2.38. The molecule has 1 N–H and O–H groups in total. The monoisotopic (exact) mass is 197 g/mol. The summed E-state index contributed by atoms with van der Waals surface area (Å²) in [4.78, 5) is 10.7. The van der Waals surface area contributed by atoms with E-state index in [4.69, 9.17) is 0 Å². The molecular weight excluding hydrogens is 174 g/mol. The van der Waals surface area contributed by atoms with Crippen molar-refractivity contribution < 1.29 is 4.79 Å². The fourth-order valence-corrected chi connectivity index (χ4v) is 2.03. The lowest BCUT2D eigenvalue weighted by molar-refractivity contribution is -0.114. The Labute approximate surface area is 87.5 Å². The molecule has 0 saturated heterocycles. The number of aldehydes is 1. The van der Waals surface area contributed by atoms with Gasteiger partial charge in [-0.3, -0.25) is 0 Å². The molecule has 14 heavy (non-hydrogen) atoms. The molecule has 1 rings (SSSR count). The van der Waals surface area contributed by atoms with Crippen molar-refractivity contribution in [1.82, 2.24) is 5.32 Å². The summed E-state index contributed by atoms with van der Waals surface area (Å²) in [7, 11) is 0. The number of hydrogen-bond acceptors (Lipinski definition) is 2. The van der Waals surface area contributed by atoms with E-state index in [0.29, 0.717) is 0 Å². The minimum absolute atomic E-state index is 0.200. The molecule has 0 aliphatic heterocycles. The lowest BCUT2D eigenvalue weighted by Gasteiger charge is -2.24. The van der Waals surface area contributed by atoms with E-state index in [1.807, 2.05) is 13.8 Å². The van der Waals surface area contributed by atoms with Crippen molar-refractivity contribution in [2.24, 2.45) is 11.3 Å². The van der Waals surface area contributed by atoms with Gasteiger partial charge in [-0.15, -0.1) is 0 Å². The maximum atomic E-state index is 10.7. The second kappa shape index (κ2) is 5.50. The van der Waals surface area contributed by atoms with Crippen molar-refractivity contribution in [3.8, 4) is 0 Å². The average molecular weight is 197 g/mol. The first-order chi connectivity index (χ1) is 6.64. The van der Waals surface area contributed by atoms with Crippen LogP contribution < -0.4 is 5.32 Å². The summed E-state index contributed by atoms with van der Waals surface area (Å²) < 4.78 is 0. The van der Waals surface area contributed by atoms with Gasteiger partial charge >= 0.3 is 0 Å². The Morgan fingerprint density at radius 3 is 2.50 bits per heavy atom.